The Morgan fingerprint density at radius 1 is 0.107 bits per heavy atom. The van der Waals surface area contributed by atoms with Crippen LogP contribution in [0.2, 0.25) is 0 Å². The molecule has 524 valence electrons. The Morgan fingerprint density at radius 2 is 0.321 bits per heavy atom. The van der Waals surface area contributed by atoms with Crippen LogP contribution in [0.5, 0.6) is 0 Å². The second-order valence-electron chi connectivity index (χ2n) is 29.1. The minimum Gasteiger partial charge on any atom is -0.309 e. The van der Waals surface area contributed by atoms with Gasteiger partial charge < -0.3 is 18.3 Å². The van der Waals surface area contributed by atoms with Crippen LogP contribution in [0.1, 0.15) is 0 Å². The third kappa shape index (κ3) is 11.6. The average molecular weight is 1430 g/mol. The predicted octanol–water partition coefficient (Wildman–Crippen LogP) is 29.1. The minimum atomic E-state index is 1.15. The summed E-state index contributed by atoms with van der Waals surface area (Å²) in [6, 6.07) is 159. The van der Waals surface area contributed by atoms with Crippen LogP contribution < -0.4 is 0 Å². The second-order valence-corrected chi connectivity index (χ2v) is 29.1. The molecule has 18 aromatic carbocycles. The van der Waals surface area contributed by atoms with E-state index in [9.17, 15) is 0 Å². The largest absolute Gasteiger partial charge is 0.309 e. The molecule has 0 fully saturated rings. The normalized spacial score (nSPS) is 11.6. The van der Waals surface area contributed by atoms with Crippen LogP contribution in [0.4, 0.5) is 0 Å². The quantitative estimate of drug-likeness (QED) is 0.116. The molecule has 0 N–H and O–H groups in total. The van der Waals surface area contributed by atoms with Crippen LogP contribution in [0.3, 0.4) is 0 Å². The third-order valence-electron chi connectivity index (χ3n) is 22.7. The van der Waals surface area contributed by atoms with Gasteiger partial charge in [-0.1, -0.05) is 309 Å². The molecule has 0 unspecified atom stereocenters. The lowest BCUT2D eigenvalue weighted by Gasteiger charge is -2.13. The van der Waals surface area contributed by atoms with Crippen molar-refractivity contribution in [3.05, 3.63) is 437 Å². The van der Waals surface area contributed by atoms with Crippen LogP contribution >= 0.6 is 0 Å². The highest BCUT2D eigenvalue weighted by molar-refractivity contribution is 6.15. The van der Waals surface area contributed by atoms with Crippen molar-refractivity contribution >= 4 is 87.2 Å². The lowest BCUT2D eigenvalue weighted by molar-refractivity contribution is 1.18. The van der Waals surface area contributed by atoms with E-state index >= 15 is 0 Å². The number of aromatic nitrogens is 4. The van der Waals surface area contributed by atoms with Crippen molar-refractivity contribution in [3.8, 4) is 112 Å². The molecule has 0 spiro atoms. The Morgan fingerprint density at radius 3 is 0.661 bits per heavy atom. The Labute approximate surface area is 649 Å². The van der Waals surface area contributed by atoms with Crippen molar-refractivity contribution in [1.82, 2.24) is 18.3 Å². The maximum absolute atomic E-state index is 2.41. The van der Waals surface area contributed by atoms with E-state index in [4.69, 9.17) is 0 Å². The molecule has 4 heterocycles. The number of fused-ring (bicyclic) bond motifs is 12. The van der Waals surface area contributed by atoms with E-state index < -0.39 is 0 Å². The fourth-order valence-electron chi connectivity index (χ4n) is 17.3. The smallest absolute Gasteiger partial charge is 0.0541 e. The Balaban J connectivity index is 0.000000141. The van der Waals surface area contributed by atoms with Gasteiger partial charge in [0.1, 0.15) is 0 Å². The fraction of sp³-hybridized carbons (Fsp3) is 0. The molecule has 0 saturated carbocycles. The van der Waals surface area contributed by atoms with Crippen LogP contribution in [0.15, 0.2) is 437 Å². The first-order valence-corrected chi connectivity index (χ1v) is 38.5. The molecule has 0 saturated heterocycles. The maximum atomic E-state index is 2.41. The Kier molecular flexibility index (Phi) is 16.2. The number of nitrogens with zero attached hydrogens (tertiary/aromatic N) is 4. The molecule has 4 aromatic heterocycles. The van der Waals surface area contributed by atoms with E-state index in [-0.39, 0.29) is 0 Å². The monoisotopic (exact) mass is 1420 g/mol. The number of hydrogen-bond donors (Lipinski definition) is 0. The molecule has 22 aromatic rings. The Bertz CT molecular complexity index is 7320. The zero-order chi connectivity index (χ0) is 74.0. The van der Waals surface area contributed by atoms with Gasteiger partial charge in [0.25, 0.3) is 0 Å². The first-order chi connectivity index (χ1) is 55.5. The Hall–Kier alpha value is -14.8. The van der Waals surface area contributed by atoms with E-state index in [1.54, 1.807) is 0 Å². The van der Waals surface area contributed by atoms with E-state index in [2.05, 4.69) is 455 Å². The molecule has 4 heteroatoms. The molecule has 22 rings (SSSR count). The lowest BCUT2D eigenvalue weighted by atomic mass is 9.94. The topological polar surface area (TPSA) is 19.7 Å². The van der Waals surface area contributed by atoms with Gasteiger partial charge in [-0.3, -0.25) is 0 Å². The van der Waals surface area contributed by atoms with Gasteiger partial charge in [-0.2, -0.15) is 0 Å². The van der Waals surface area contributed by atoms with Crippen LogP contribution in [0, 0.1) is 0 Å². The second kappa shape index (κ2) is 27.7. The molecule has 0 bridgehead atoms. The van der Waals surface area contributed by atoms with Gasteiger partial charge >= 0.3 is 0 Å². The molecule has 0 aliphatic heterocycles. The summed E-state index contributed by atoms with van der Waals surface area (Å²) in [5.74, 6) is 0. The van der Waals surface area contributed by atoms with E-state index in [1.807, 2.05) is 0 Å². The van der Waals surface area contributed by atoms with Gasteiger partial charge in [-0.15, -0.1) is 0 Å². The van der Waals surface area contributed by atoms with Gasteiger partial charge in [-0.25, -0.2) is 0 Å². The van der Waals surface area contributed by atoms with Gasteiger partial charge in [-0.05, 0) is 216 Å². The SMILES string of the molecule is c1ccc(-c2cccc(-c3ccc(-n4c5ccccc5c5cc(-c6ccc7c(c6)c6ccccc6n7-c6cccc(-c7ccccc7)c6)ccc54)cc3)c2)cc1.c1ccc(-c2cccc(-n3c4ccccc4c4cc(-c5ccc6c(c5)c5ccccc5n6-c5ccc(-c6ccccc6-c6ccccc6)cc5)ccc43)c2)cc1. The summed E-state index contributed by atoms with van der Waals surface area (Å²) in [5, 5.41) is 10.00. The zero-order valence-electron chi connectivity index (χ0n) is 61.4. The standard InChI is InChI=1S/2C54H36N2/c1-3-13-37(14-4-1)40-17-11-18-41(33-40)39-25-29-45(30-26-39)55-51-23-9-7-21-47(51)49-35-43(27-31-53(49)55)44-28-32-54-50(36-44)48-22-8-10-24-52(48)56(54)46-20-12-19-42(34-46)38-15-5-2-6-16-38;1-3-14-37(15-4-1)40-18-13-19-44(34-40)56-52-25-12-10-23-48(52)50-36-42(29-33-54(50)56)41-28-32-53-49(35-41)47-22-9-11-24-51(47)55(53)43-30-26-39(27-31-43)46-21-8-7-20-45(46)38-16-5-2-6-17-38/h2*1-36H. The van der Waals surface area contributed by atoms with Crippen molar-refractivity contribution in [2.45, 2.75) is 0 Å². The third-order valence-corrected chi connectivity index (χ3v) is 22.7. The highest BCUT2D eigenvalue weighted by atomic mass is 15.0. The van der Waals surface area contributed by atoms with Crippen molar-refractivity contribution in [2.75, 3.05) is 0 Å². The molecular formula is C108H72N4. The molecule has 0 atom stereocenters. The van der Waals surface area contributed by atoms with Gasteiger partial charge in [0.15, 0.2) is 0 Å². The first kappa shape index (κ1) is 65.5. The highest BCUT2D eigenvalue weighted by Gasteiger charge is 2.21. The number of rotatable bonds is 12. The number of hydrogen-bond acceptors (Lipinski definition) is 0. The summed E-state index contributed by atoms with van der Waals surface area (Å²) in [4.78, 5) is 0. The van der Waals surface area contributed by atoms with E-state index in [0.717, 1.165) is 22.7 Å². The van der Waals surface area contributed by atoms with Crippen molar-refractivity contribution < 1.29 is 0 Å². The first-order valence-electron chi connectivity index (χ1n) is 38.5. The summed E-state index contributed by atoms with van der Waals surface area (Å²) in [6.45, 7) is 0. The number of para-hydroxylation sites is 4. The highest BCUT2D eigenvalue weighted by Crippen LogP contribution is 2.43. The fourth-order valence-corrected chi connectivity index (χ4v) is 17.3. The summed E-state index contributed by atoms with van der Waals surface area (Å²) in [7, 11) is 0. The zero-order valence-corrected chi connectivity index (χ0v) is 61.4. The average Bonchev–Trinajstić information content (AvgIpc) is 1.59. The van der Waals surface area contributed by atoms with Crippen LogP contribution in [-0.4, -0.2) is 18.3 Å². The molecule has 0 aliphatic rings. The van der Waals surface area contributed by atoms with Gasteiger partial charge in [0, 0.05) is 65.8 Å². The van der Waals surface area contributed by atoms with Crippen LogP contribution in [-0.2, 0) is 0 Å². The molecule has 0 aliphatic carbocycles. The number of benzene rings is 18. The molecule has 0 amide bonds. The van der Waals surface area contributed by atoms with Crippen molar-refractivity contribution in [2.24, 2.45) is 0 Å². The predicted molar refractivity (Wildman–Crippen MR) is 474 cm³/mol. The van der Waals surface area contributed by atoms with Crippen molar-refractivity contribution in [3.63, 3.8) is 0 Å². The van der Waals surface area contributed by atoms with Crippen molar-refractivity contribution in [1.29, 1.82) is 0 Å². The van der Waals surface area contributed by atoms with Crippen LogP contribution in [0.25, 0.3) is 199 Å². The van der Waals surface area contributed by atoms with E-state index in [0.29, 0.717) is 0 Å². The maximum Gasteiger partial charge on any atom is 0.0541 e. The minimum absolute atomic E-state index is 1.15. The lowest BCUT2D eigenvalue weighted by Crippen LogP contribution is -1.94. The van der Waals surface area contributed by atoms with Gasteiger partial charge in [0.05, 0.1) is 44.1 Å². The molecule has 0 radical (unpaired) electrons. The van der Waals surface area contributed by atoms with E-state index in [1.165, 1.54) is 176 Å². The summed E-state index contributed by atoms with van der Waals surface area (Å²) < 4.78 is 9.62. The summed E-state index contributed by atoms with van der Waals surface area (Å²) in [5.41, 5.74) is 33.7. The molecule has 112 heavy (non-hydrogen) atoms. The molecular weight excluding hydrogens is 1350 g/mol. The summed E-state index contributed by atoms with van der Waals surface area (Å²) >= 11 is 0. The summed E-state index contributed by atoms with van der Waals surface area (Å²) in [6.07, 6.45) is 0. The van der Waals surface area contributed by atoms with Gasteiger partial charge in [0.2, 0.25) is 0 Å². The molecule has 4 nitrogen and oxygen atoms in total.